The number of carboxylic acid groups (broad SMARTS) is 1. The lowest BCUT2D eigenvalue weighted by Crippen LogP contribution is -2.22. The van der Waals surface area contributed by atoms with Crippen LogP contribution in [0.1, 0.15) is 69.5 Å². The Morgan fingerprint density at radius 2 is 2.14 bits per heavy atom. The lowest BCUT2D eigenvalue weighted by atomic mass is 9.84. The van der Waals surface area contributed by atoms with Gasteiger partial charge in [-0.2, -0.15) is 0 Å². The molecule has 28 heavy (non-hydrogen) atoms. The minimum Gasteiger partial charge on any atom is -0.481 e. The second-order valence-corrected chi connectivity index (χ2v) is 8.16. The Hall–Kier alpha value is -2.15. The average Bonchev–Trinajstić information content (AvgIpc) is 3.18. The Labute approximate surface area is 167 Å². The number of aromatic nitrogens is 1. The molecule has 2 N–H and O–H groups in total. The highest BCUT2D eigenvalue weighted by Gasteiger charge is 2.29. The fourth-order valence-electron chi connectivity index (χ4n) is 4.13. The fourth-order valence-corrected chi connectivity index (χ4v) is 4.13. The van der Waals surface area contributed by atoms with Gasteiger partial charge in [-0.15, -0.1) is 5.48 Å². The first-order valence-corrected chi connectivity index (χ1v) is 10.4. The van der Waals surface area contributed by atoms with Gasteiger partial charge in [0.15, 0.2) is 6.17 Å². The normalized spacial score (nSPS) is 21.1. The van der Waals surface area contributed by atoms with Gasteiger partial charge < -0.3 is 14.8 Å². The van der Waals surface area contributed by atoms with Gasteiger partial charge in [0.2, 0.25) is 5.90 Å². The standard InChI is InChI=1S/C21H32N4O3/c1-25(2)18-13-16(11-12-22-18)20-23-21(28-24-20)17(14-19(26)27)10-6-9-15-7-4-3-5-8-15/h11-13,15,17,20,24H,3-10,14H2,1-2H3,(H,26,27)/t17-,20?/m1/s1. The van der Waals surface area contributed by atoms with Crippen LogP contribution in [0, 0.1) is 11.8 Å². The van der Waals surface area contributed by atoms with E-state index in [0.29, 0.717) is 5.90 Å². The third-order valence-corrected chi connectivity index (χ3v) is 5.73. The van der Waals surface area contributed by atoms with Gasteiger partial charge in [-0.1, -0.05) is 44.9 Å². The monoisotopic (exact) mass is 388 g/mol. The number of rotatable bonds is 9. The number of hydrogen-bond acceptors (Lipinski definition) is 6. The van der Waals surface area contributed by atoms with E-state index in [4.69, 9.17) is 4.84 Å². The van der Waals surface area contributed by atoms with E-state index in [0.717, 1.165) is 30.1 Å². The van der Waals surface area contributed by atoms with Crippen molar-refractivity contribution in [2.24, 2.45) is 16.8 Å². The van der Waals surface area contributed by atoms with Crippen LogP contribution in [0.25, 0.3) is 0 Å². The minimum absolute atomic E-state index is 0.0528. The largest absolute Gasteiger partial charge is 0.481 e. The van der Waals surface area contributed by atoms with Crippen molar-refractivity contribution in [1.29, 1.82) is 0 Å². The smallest absolute Gasteiger partial charge is 0.304 e. The predicted molar refractivity (Wildman–Crippen MR) is 109 cm³/mol. The number of aliphatic carboxylic acids is 1. The van der Waals surface area contributed by atoms with Crippen molar-refractivity contribution in [2.75, 3.05) is 19.0 Å². The highest BCUT2D eigenvalue weighted by Crippen LogP contribution is 2.30. The maximum atomic E-state index is 11.4. The van der Waals surface area contributed by atoms with Crippen LogP contribution < -0.4 is 10.4 Å². The quantitative estimate of drug-likeness (QED) is 0.667. The van der Waals surface area contributed by atoms with Crippen LogP contribution in [-0.2, 0) is 9.63 Å². The molecule has 2 atom stereocenters. The molecule has 2 aliphatic rings. The first-order chi connectivity index (χ1) is 13.5. The molecule has 1 aromatic rings. The zero-order valence-electron chi connectivity index (χ0n) is 16.9. The SMILES string of the molecule is CN(C)c1cc(C2N=C([C@H](CCCC3CCCCC3)CC(=O)O)ON2)ccn1. The van der Waals surface area contributed by atoms with E-state index in [1.807, 2.05) is 31.1 Å². The van der Waals surface area contributed by atoms with E-state index in [-0.39, 0.29) is 18.5 Å². The second-order valence-electron chi connectivity index (χ2n) is 8.16. The van der Waals surface area contributed by atoms with Crippen molar-refractivity contribution >= 4 is 17.7 Å². The van der Waals surface area contributed by atoms with Gasteiger partial charge in [-0.25, -0.2) is 9.98 Å². The zero-order valence-corrected chi connectivity index (χ0v) is 16.9. The number of anilines is 1. The van der Waals surface area contributed by atoms with E-state index >= 15 is 0 Å². The first-order valence-electron chi connectivity index (χ1n) is 10.4. The molecule has 0 spiro atoms. The molecule has 1 saturated carbocycles. The number of aliphatic imine (C=N–C) groups is 1. The molecule has 1 aromatic heterocycles. The number of hydrogen-bond donors (Lipinski definition) is 2. The molecule has 7 nitrogen and oxygen atoms in total. The van der Waals surface area contributed by atoms with Gasteiger partial charge in [0.05, 0.1) is 6.42 Å². The Bertz CT molecular complexity index is 686. The van der Waals surface area contributed by atoms with Gasteiger partial charge >= 0.3 is 5.97 Å². The van der Waals surface area contributed by atoms with E-state index < -0.39 is 5.97 Å². The van der Waals surface area contributed by atoms with Crippen molar-refractivity contribution in [1.82, 2.24) is 10.5 Å². The van der Waals surface area contributed by atoms with Crippen LogP contribution in [0.2, 0.25) is 0 Å². The summed E-state index contributed by atoms with van der Waals surface area (Å²) in [6.45, 7) is 0. The molecule has 154 valence electrons. The molecule has 0 saturated heterocycles. The summed E-state index contributed by atoms with van der Waals surface area (Å²) in [7, 11) is 3.88. The minimum atomic E-state index is -0.809. The number of hydroxylamine groups is 1. The Morgan fingerprint density at radius 3 is 2.86 bits per heavy atom. The Morgan fingerprint density at radius 1 is 1.36 bits per heavy atom. The molecule has 1 aliphatic heterocycles. The van der Waals surface area contributed by atoms with E-state index in [2.05, 4.69) is 15.5 Å². The second kappa shape index (κ2) is 9.87. The van der Waals surface area contributed by atoms with Crippen LogP contribution >= 0.6 is 0 Å². The Balaban J connectivity index is 1.62. The number of nitrogens with one attached hydrogen (secondary N) is 1. The third kappa shape index (κ3) is 5.67. The lowest BCUT2D eigenvalue weighted by Gasteiger charge is -2.22. The highest BCUT2D eigenvalue weighted by atomic mass is 16.7. The summed E-state index contributed by atoms with van der Waals surface area (Å²) < 4.78 is 0. The maximum Gasteiger partial charge on any atom is 0.304 e. The molecular formula is C21H32N4O3. The molecule has 7 heteroatoms. The van der Waals surface area contributed by atoms with Crippen molar-refractivity contribution in [3.05, 3.63) is 23.9 Å². The number of carbonyl (C=O) groups is 1. The predicted octanol–water partition coefficient (Wildman–Crippen LogP) is 3.92. The number of carboxylic acids is 1. The van der Waals surface area contributed by atoms with Gasteiger partial charge in [-0.3, -0.25) is 4.79 Å². The van der Waals surface area contributed by atoms with Crippen LogP contribution in [-0.4, -0.2) is 36.1 Å². The summed E-state index contributed by atoms with van der Waals surface area (Å²) in [4.78, 5) is 27.9. The summed E-state index contributed by atoms with van der Waals surface area (Å²) in [6.07, 6.45) is 11.2. The molecular weight excluding hydrogens is 356 g/mol. The molecule has 1 unspecified atom stereocenters. The van der Waals surface area contributed by atoms with Gasteiger partial charge in [-0.05, 0) is 30.0 Å². The van der Waals surface area contributed by atoms with Crippen molar-refractivity contribution < 1.29 is 14.7 Å². The van der Waals surface area contributed by atoms with E-state index in [1.165, 1.54) is 38.5 Å². The molecule has 3 rings (SSSR count). The molecule has 0 aromatic carbocycles. The molecule has 2 heterocycles. The highest BCUT2D eigenvalue weighted by molar-refractivity contribution is 5.84. The summed E-state index contributed by atoms with van der Waals surface area (Å²) >= 11 is 0. The molecule has 0 amide bonds. The van der Waals surface area contributed by atoms with Gasteiger partial charge in [0, 0.05) is 26.2 Å². The summed E-state index contributed by atoms with van der Waals surface area (Å²) in [5, 5.41) is 9.33. The molecule has 1 fully saturated rings. The summed E-state index contributed by atoms with van der Waals surface area (Å²) in [5.41, 5.74) is 3.89. The zero-order chi connectivity index (χ0) is 19.9. The summed E-state index contributed by atoms with van der Waals surface area (Å²) in [5.74, 6) is 1.17. The molecule has 0 radical (unpaired) electrons. The van der Waals surface area contributed by atoms with Crippen LogP contribution in [0.3, 0.4) is 0 Å². The Kier molecular flexibility index (Phi) is 7.25. The molecule has 1 aliphatic carbocycles. The topological polar surface area (TPSA) is 87.1 Å². The van der Waals surface area contributed by atoms with E-state index in [9.17, 15) is 9.90 Å². The maximum absolute atomic E-state index is 11.4. The van der Waals surface area contributed by atoms with Crippen LogP contribution in [0.5, 0.6) is 0 Å². The first kappa shape index (κ1) is 20.6. The number of pyridine rings is 1. The fraction of sp³-hybridized carbons (Fsp3) is 0.667. The lowest BCUT2D eigenvalue weighted by molar-refractivity contribution is -0.137. The van der Waals surface area contributed by atoms with E-state index in [1.54, 1.807) is 6.20 Å². The number of nitrogens with zero attached hydrogens (tertiary/aromatic N) is 3. The molecule has 0 bridgehead atoms. The van der Waals surface area contributed by atoms with Crippen molar-refractivity contribution in [3.63, 3.8) is 0 Å². The summed E-state index contributed by atoms with van der Waals surface area (Å²) in [6, 6.07) is 3.86. The van der Waals surface area contributed by atoms with Crippen LogP contribution in [0.15, 0.2) is 23.3 Å². The van der Waals surface area contributed by atoms with Crippen LogP contribution in [0.4, 0.5) is 5.82 Å². The van der Waals surface area contributed by atoms with Crippen molar-refractivity contribution in [3.8, 4) is 0 Å². The average molecular weight is 389 g/mol. The third-order valence-electron chi connectivity index (χ3n) is 5.73. The van der Waals surface area contributed by atoms with Crippen molar-refractivity contribution in [2.45, 2.75) is 64.0 Å². The van der Waals surface area contributed by atoms with Gasteiger partial charge in [0.25, 0.3) is 0 Å². The van der Waals surface area contributed by atoms with Gasteiger partial charge in [0.1, 0.15) is 5.82 Å².